The van der Waals surface area contributed by atoms with Crippen molar-refractivity contribution in [2.24, 2.45) is 4.99 Å². The highest BCUT2D eigenvalue weighted by Gasteiger charge is 2.06. The minimum absolute atomic E-state index is 0.179. The Bertz CT molecular complexity index is 625. The van der Waals surface area contributed by atoms with Crippen LogP contribution in [0.3, 0.4) is 0 Å². The fourth-order valence-corrected chi connectivity index (χ4v) is 2.35. The van der Waals surface area contributed by atoms with Crippen LogP contribution >= 0.6 is 0 Å². The molecule has 1 atom stereocenters. The third-order valence-electron chi connectivity index (χ3n) is 3.74. The van der Waals surface area contributed by atoms with Gasteiger partial charge in [0.2, 0.25) is 0 Å². The van der Waals surface area contributed by atoms with Gasteiger partial charge in [-0.2, -0.15) is 0 Å². The highest BCUT2D eigenvalue weighted by molar-refractivity contribution is 5.80. The average Bonchev–Trinajstić information content (AvgIpc) is 2.47. The van der Waals surface area contributed by atoms with E-state index in [1.54, 1.807) is 0 Å². The summed E-state index contributed by atoms with van der Waals surface area (Å²) in [5.41, 5.74) is 6.23. The second-order valence-corrected chi connectivity index (χ2v) is 5.80. The Hall–Kier alpha value is -2.09. The molecule has 0 aliphatic heterocycles. The highest BCUT2D eigenvalue weighted by atomic mass is 15.1. The molecule has 0 radical (unpaired) electrons. The van der Waals surface area contributed by atoms with Crippen molar-refractivity contribution >= 4 is 11.9 Å². The standard InChI is InChI=1S/C19H24N2/c1-14-6-7-15(2)19(12-14)16(3)20-13-17-8-10-18(11-9-17)21(4)5/h6-13,16H,1-5H3/t16-/m0/s1. The second-order valence-electron chi connectivity index (χ2n) is 5.80. The lowest BCUT2D eigenvalue weighted by Gasteiger charge is -2.12. The SMILES string of the molecule is Cc1ccc(C)c([C@H](C)N=Cc2ccc(N(C)C)cc2)c1. The van der Waals surface area contributed by atoms with E-state index in [-0.39, 0.29) is 6.04 Å². The summed E-state index contributed by atoms with van der Waals surface area (Å²) in [5, 5.41) is 0. The Balaban J connectivity index is 2.14. The normalized spacial score (nSPS) is 12.6. The van der Waals surface area contributed by atoms with Crippen molar-refractivity contribution in [3.8, 4) is 0 Å². The van der Waals surface area contributed by atoms with E-state index in [0.717, 1.165) is 5.56 Å². The largest absolute Gasteiger partial charge is 0.378 e. The van der Waals surface area contributed by atoms with Crippen LogP contribution < -0.4 is 4.90 Å². The van der Waals surface area contributed by atoms with Crippen molar-refractivity contribution in [1.29, 1.82) is 0 Å². The summed E-state index contributed by atoms with van der Waals surface area (Å²) in [5.74, 6) is 0. The van der Waals surface area contributed by atoms with Gasteiger partial charge in [0.25, 0.3) is 0 Å². The van der Waals surface area contributed by atoms with Crippen LogP contribution in [0.15, 0.2) is 47.5 Å². The molecule has 0 spiro atoms. The van der Waals surface area contributed by atoms with Crippen molar-refractivity contribution < 1.29 is 0 Å². The Morgan fingerprint density at radius 2 is 1.67 bits per heavy atom. The first kappa shape index (κ1) is 15.3. The van der Waals surface area contributed by atoms with Gasteiger partial charge in [0.15, 0.2) is 0 Å². The smallest absolute Gasteiger partial charge is 0.0723 e. The molecule has 0 saturated carbocycles. The van der Waals surface area contributed by atoms with E-state index in [9.17, 15) is 0 Å². The molecule has 0 N–H and O–H groups in total. The van der Waals surface area contributed by atoms with Crippen LogP contribution in [0.2, 0.25) is 0 Å². The number of hydrogen-bond donors (Lipinski definition) is 0. The van der Waals surface area contributed by atoms with Crippen LogP contribution in [0.25, 0.3) is 0 Å². The van der Waals surface area contributed by atoms with E-state index in [4.69, 9.17) is 4.99 Å². The Labute approximate surface area is 128 Å². The van der Waals surface area contributed by atoms with Gasteiger partial charge in [-0.05, 0) is 49.6 Å². The molecule has 2 aromatic rings. The van der Waals surface area contributed by atoms with Crippen LogP contribution in [0.4, 0.5) is 5.69 Å². The summed E-state index contributed by atoms with van der Waals surface area (Å²) in [6.45, 7) is 6.42. The summed E-state index contributed by atoms with van der Waals surface area (Å²) in [7, 11) is 4.09. The molecule has 2 aromatic carbocycles. The van der Waals surface area contributed by atoms with E-state index in [1.165, 1.54) is 22.4 Å². The number of benzene rings is 2. The lowest BCUT2D eigenvalue weighted by Crippen LogP contribution is -2.08. The van der Waals surface area contributed by atoms with Crippen LogP contribution in [0, 0.1) is 13.8 Å². The molecule has 0 aromatic heterocycles. The van der Waals surface area contributed by atoms with Crippen molar-refractivity contribution in [2.75, 3.05) is 19.0 Å². The van der Waals surface area contributed by atoms with E-state index in [2.05, 4.69) is 68.1 Å². The molecule has 0 aliphatic carbocycles. The molecule has 0 unspecified atom stereocenters. The zero-order chi connectivity index (χ0) is 15.4. The second kappa shape index (κ2) is 6.57. The minimum atomic E-state index is 0.179. The number of aryl methyl sites for hydroxylation is 2. The Kier molecular flexibility index (Phi) is 4.79. The molecule has 0 amide bonds. The third kappa shape index (κ3) is 3.94. The van der Waals surface area contributed by atoms with E-state index in [1.807, 2.05) is 20.3 Å². The van der Waals surface area contributed by atoms with Crippen molar-refractivity contribution in [3.05, 3.63) is 64.7 Å². The molecule has 110 valence electrons. The maximum absolute atomic E-state index is 4.70. The highest BCUT2D eigenvalue weighted by Crippen LogP contribution is 2.22. The van der Waals surface area contributed by atoms with Crippen LogP contribution in [-0.4, -0.2) is 20.3 Å². The zero-order valence-corrected chi connectivity index (χ0v) is 13.6. The van der Waals surface area contributed by atoms with Gasteiger partial charge >= 0.3 is 0 Å². The first-order valence-corrected chi connectivity index (χ1v) is 7.35. The van der Waals surface area contributed by atoms with Gasteiger partial charge < -0.3 is 4.90 Å². The van der Waals surface area contributed by atoms with Crippen molar-refractivity contribution in [2.45, 2.75) is 26.8 Å². The maximum atomic E-state index is 4.70. The fourth-order valence-electron chi connectivity index (χ4n) is 2.35. The first-order chi connectivity index (χ1) is 9.97. The van der Waals surface area contributed by atoms with E-state index >= 15 is 0 Å². The number of rotatable bonds is 4. The molecule has 2 rings (SSSR count). The predicted molar refractivity (Wildman–Crippen MR) is 92.7 cm³/mol. The molecule has 0 aliphatic rings. The van der Waals surface area contributed by atoms with Gasteiger partial charge in [0, 0.05) is 26.0 Å². The third-order valence-corrected chi connectivity index (χ3v) is 3.74. The maximum Gasteiger partial charge on any atom is 0.0723 e. The molecule has 0 saturated heterocycles. The summed E-state index contributed by atoms with van der Waals surface area (Å²) in [6.07, 6.45) is 1.96. The first-order valence-electron chi connectivity index (χ1n) is 7.35. The lowest BCUT2D eigenvalue weighted by atomic mass is 10.0. The Morgan fingerprint density at radius 1 is 1.00 bits per heavy atom. The number of anilines is 1. The van der Waals surface area contributed by atoms with Gasteiger partial charge in [-0.25, -0.2) is 0 Å². The number of aliphatic imine (C=N–C) groups is 1. The zero-order valence-electron chi connectivity index (χ0n) is 13.6. The molecule has 21 heavy (non-hydrogen) atoms. The van der Waals surface area contributed by atoms with Gasteiger partial charge in [0.05, 0.1) is 6.04 Å². The van der Waals surface area contributed by atoms with Gasteiger partial charge in [-0.1, -0.05) is 35.9 Å². The topological polar surface area (TPSA) is 15.6 Å². The molecule has 2 heteroatoms. The van der Waals surface area contributed by atoms with E-state index < -0.39 is 0 Å². The van der Waals surface area contributed by atoms with Gasteiger partial charge in [0.1, 0.15) is 0 Å². The average molecular weight is 280 g/mol. The number of hydrogen-bond acceptors (Lipinski definition) is 2. The molecule has 0 heterocycles. The van der Waals surface area contributed by atoms with Gasteiger partial charge in [-0.15, -0.1) is 0 Å². The van der Waals surface area contributed by atoms with Crippen LogP contribution in [0.1, 0.15) is 35.2 Å². The fraction of sp³-hybridized carbons (Fsp3) is 0.316. The summed E-state index contributed by atoms with van der Waals surface area (Å²) < 4.78 is 0. The van der Waals surface area contributed by atoms with Crippen LogP contribution in [-0.2, 0) is 0 Å². The molecule has 0 bridgehead atoms. The van der Waals surface area contributed by atoms with Crippen molar-refractivity contribution in [1.82, 2.24) is 0 Å². The summed E-state index contributed by atoms with van der Waals surface area (Å²) >= 11 is 0. The van der Waals surface area contributed by atoms with Gasteiger partial charge in [-0.3, -0.25) is 4.99 Å². The molecular weight excluding hydrogens is 256 g/mol. The lowest BCUT2D eigenvalue weighted by molar-refractivity contribution is 0.815. The summed E-state index contributed by atoms with van der Waals surface area (Å²) in [6, 6.07) is 15.2. The number of nitrogens with zero attached hydrogens (tertiary/aromatic N) is 2. The predicted octanol–water partition coefficient (Wildman–Crippen LogP) is 4.55. The quantitative estimate of drug-likeness (QED) is 0.750. The monoisotopic (exact) mass is 280 g/mol. The minimum Gasteiger partial charge on any atom is -0.378 e. The molecule has 2 nitrogen and oxygen atoms in total. The summed E-state index contributed by atoms with van der Waals surface area (Å²) in [4.78, 5) is 6.80. The molecule has 0 fully saturated rings. The van der Waals surface area contributed by atoms with E-state index in [0.29, 0.717) is 0 Å². The molecular formula is C19H24N2. The van der Waals surface area contributed by atoms with Crippen LogP contribution in [0.5, 0.6) is 0 Å². The van der Waals surface area contributed by atoms with Crippen molar-refractivity contribution in [3.63, 3.8) is 0 Å². The Morgan fingerprint density at radius 3 is 2.29 bits per heavy atom.